The van der Waals surface area contributed by atoms with Crippen molar-refractivity contribution >= 4 is 11.8 Å². The van der Waals surface area contributed by atoms with Gasteiger partial charge in [-0.1, -0.05) is 0 Å². The van der Waals surface area contributed by atoms with Crippen molar-refractivity contribution in [2.75, 3.05) is 12.3 Å². The number of hydrogen-bond acceptors (Lipinski definition) is 4. The number of aromatic nitrogens is 1. The lowest BCUT2D eigenvalue weighted by atomic mass is 10.0. The first-order valence-corrected chi connectivity index (χ1v) is 6.37. The van der Waals surface area contributed by atoms with Crippen molar-refractivity contribution in [1.82, 2.24) is 9.88 Å². The van der Waals surface area contributed by atoms with E-state index in [9.17, 15) is 14.3 Å². The van der Waals surface area contributed by atoms with E-state index < -0.39 is 17.6 Å². The summed E-state index contributed by atoms with van der Waals surface area (Å²) in [6.07, 6.45) is 2.24. The van der Waals surface area contributed by atoms with Crippen LogP contribution in [0, 0.1) is 5.82 Å². The van der Waals surface area contributed by atoms with E-state index in [0.717, 1.165) is 6.20 Å². The van der Waals surface area contributed by atoms with E-state index in [4.69, 9.17) is 10.5 Å². The van der Waals surface area contributed by atoms with Crippen molar-refractivity contribution in [2.45, 2.75) is 38.5 Å². The van der Waals surface area contributed by atoms with Gasteiger partial charge in [-0.3, -0.25) is 9.88 Å². The lowest BCUT2D eigenvalue weighted by molar-refractivity contribution is -0.0421. The van der Waals surface area contributed by atoms with E-state index in [1.807, 2.05) is 0 Å². The van der Waals surface area contributed by atoms with E-state index >= 15 is 0 Å². The minimum atomic E-state index is -1.04. The highest BCUT2D eigenvalue weighted by Gasteiger charge is 2.43. The van der Waals surface area contributed by atoms with E-state index in [-0.39, 0.29) is 11.7 Å². The molecule has 0 saturated carbocycles. The maximum atomic E-state index is 13.6. The van der Waals surface area contributed by atoms with Crippen molar-refractivity contribution in [3.8, 4) is 0 Å². The minimum Gasteiger partial charge on any atom is -0.465 e. The summed E-state index contributed by atoms with van der Waals surface area (Å²) in [5.41, 5.74) is 5.48. The van der Waals surface area contributed by atoms with Crippen molar-refractivity contribution in [3.63, 3.8) is 0 Å². The molecule has 1 aliphatic rings. The number of halogens is 1. The number of nitrogens with zero attached hydrogens (tertiary/aromatic N) is 2. The Morgan fingerprint density at radius 1 is 1.65 bits per heavy atom. The molecular weight excluding hydrogens is 265 g/mol. The Morgan fingerprint density at radius 3 is 2.95 bits per heavy atom. The lowest BCUT2D eigenvalue weighted by Gasteiger charge is -2.31. The number of rotatable bonds is 3. The van der Waals surface area contributed by atoms with Crippen LogP contribution in [-0.2, 0) is 11.2 Å². The second kappa shape index (κ2) is 5.24. The number of carboxylic acid groups (broad SMARTS) is 1. The van der Waals surface area contributed by atoms with Crippen LogP contribution < -0.4 is 5.73 Å². The third-order valence-corrected chi connectivity index (χ3v) is 3.55. The number of hydrogen-bond donors (Lipinski definition) is 2. The quantitative estimate of drug-likeness (QED) is 0.883. The van der Waals surface area contributed by atoms with Gasteiger partial charge in [0.1, 0.15) is 11.5 Å². The summed E-state index contributed by atoms with van der Waals surface area (Å²) >= 11 is 0. The number of carbonyl (C=O) groups is 1. The van der Waals surface area contributed by atoms with Crippen LogP contribution in [0.3, 0.4) is 0 Å². The molecule has 2 rings (SSSR count). The van der Waals surface area contributed by atoms with Crippen molar-refractivity contribution < 1.29 is 19.0 Å². The van der Waals surface area contributed by atoms with Gasteiger partial charge in [0.25, 0.3) is 0 Å². The molecule has 1 amide bonds. The molecule has 0 spiro atoms. The largest absolute Gasteiger partial charge is 0.465 e. The predicted molar refractivity (Wildman–Crippen MR) is 70.6 cm³/mol. The van der Waals surface area contributed by atoms with E-state index in [1.165, 1.54) is 11.1 Å². The maximum absolute atomic E-state index is 13.6. The molecule has 1 aromatic heterocycles. The Balaban J connectivity index is 2.09. The Labute approximate surface area is 116 Å². The Kier molecular flexibility index (Phi) is 3.80. The van der Waals surface area contributed by atoms with Gasteiger partial charge in [0.05, 0.1) is 30.7 Å². The summed E-state index contributed by atoms with van der Waals surface area (Å²) in [7, 11) is 0. The molecule has 0 aromatic carbocycles. The minimum absolute atomic E-state index is 0.282. The zero-order valence-electron chi connectivity index (χ0n) is 11.5. The van der Waals surface area contributed by atoms with Gasteiger partial charge in [0.15, 0.2) is 0 Å². The summed E-state index contributed by atoms with van der Waals surface area (Å²) in [6, 6.07) is -0.311. The first kappa shape index (κ1) is 14.5. The summed E-state index contributed by atoms with van der Waals surface area (Å²) in [6.45, 7) is 3.69. The lowest BCUT2D eigenvalue weighted by Crippen LogP contribution is -2.47. The maximum Gasteiger partial charge on any atom is 0.409 e. The smallest absolute Gasteiger partial charge is 0.409 e. The Bertz CT molecular complexity index is 501. The van der Waals surface area contributed by atoms with Crippen LogP contribution in [0.15, 0.2) is 12.4 Å². The number of pyridine rings is 1. The third-order valence-electron chi connectivity index (χ3n) is 3.55. The average molecular weight is 283 g/mol. The molecule has 1 fully saturated rings. The molecule has 3 N–H and O–H groups in total. The van der Waals surface area contributed by atoms with Crippen molar-refractivity contribution in [3.05, 3.63) is 23.8 Å². The molecule has 1 aromatic rings. The molecule has 110 valence electrons. The van der Waals surface area contributed by atoms with Crippen LogP contribution in [0.4, 0.5) is 14.9 Å². The third kappa shape index (κ3) is 2.67. The van der Waals surface area contributed by atoms with Gasteiger partial charge >= 0.3 is 6.09 Å². The molecular formula is C13H18FN3O3. The summed E-state index contributed by atoms with van der Waals surface area (Å²) in [5.74, 6) is -0.468. The van der Waals surface area contributed by atoms with Gasteiger partial charge in [-0.15, -0.1) is 0 Å². The van der Waals surface area contributed by atoms with Gasteiger partial charge in [-0.25, -0.2) is 9.18 Å². The van der Waals surface area contributed by atoms with E-state index in [2.05, 4.69) is 4.98 Å². The van der Waals surface area contributed by atoms with Gasteiger partial charge in [0, 0.05) is 5.56 Å². The standard InChI is InChI=1S/C13H18FN3O3/c1-13(2)17(12(18)19)8(7-20-13)3-4-9-10(14)5-16-6-11(9)15/h5-6,8H,3-4,7,15H2,1-2H3,(H,18,19). The fourth-order valence-corrected chi connectivity index (χ4v) is 2.53. The van der Waals surface area contributed by atoms with E-state index in [0.29, 0.717) is 25.0 Å². The van der Waals surface area contributed by atoms with Crippen LogP contribution in [-0.4, -0.2) is 39.5 Å². The van der Waals surface area contributed by atoms with Crippen LogP contribution in [0.25, 0.3) is 0 Å². The summed E-state index contributed by atoms with van der Waals surface area (Å²) < 4.78 is 19.1. The molecule has 1 saturated heterocycles. The highest BCUT2D eigenvalue weighted by molar-refractivity contribution is 5.66. The molecule has 1 unspecified atom stereocenters. The first-order valence-electron chi connectivity index (χ1n) is 6.37. The summed E-state index contributed by atoms with van der Waals surface area (Å²) in [5, 5.41) is 9.26. The SMILES string of the molecule is CC1(C)OCC(CCc2c(N)cncc2F)N1C(=O)O. The van der Waals surface area contributed by atoms with Gasteiger partial charge in [-0.2, -0.15) is 0 Å². The van der Waals surface area contributed by atoms with Gasteiger partial charge in [-0.05, 0) is 26.7 Å². The molecule has 6 nitrogen and oxygen atoms in total. The van der Waals surface area contributed by atoms with Crippen LogP contribution in [0.2, 0.25) is 0 Å². The normalized spacial score (nSPS) is 21.1. The molecule has 2 heterocycles. The van der Waals surface area contributed by atoms with Gasteiger partial charge in [0.2, 0.25) is 0 Å². The topological polar surface area (TPSA) is 88.7 Å². The highest BCUT2D eigenvalue weighted by Crippen LogP contribution is 2.30. The number of nitrogens with two attached hydrogens (primary N) is 1. The van der Waals surface area contributed by atoms with Gasteiger partial charge < -0.3 is 15.6 Å². The zero-order valence-corrected chi connectivity index (χ0v) is 11.5. The monoisotopic (exact) mass is 283 g/mol. The molecule has 1 aliphatic heterocycles. The Morgan fingerprint density at radius 2 is 2.35 bits per heavy atom. The van der Waals surface area contributed by atoms with Crippen LogP contribution in [0.1, 0.15) is 25.8 Å². The number of nitrogen functional groups attached to an aromatic ring is 1. The number of ether oxygens (including phenoxy) is 1. The fraction of sp³-hybridized carbons (Fsp3) is 0.538. The molecule has 7 heteroatoms. The molecule has 1 atom stereocenters. The average Bonchev–Trinajstić information content (AvgIpc) is 2.64. The Hall–Kier alpha value is -1.89. The zero-order chi connectivity index (χ0) is 14.9. The number of anilines is 1. The van der Waals surface area contributed by atoms with Crippen molar-refractivity contribution in [2.24, 2.45) is 0 Å². The van der Waals surface area contributed by atoms with Crippen LogP contribution in [0.5, 0.6) is 0 Å². The second-order valence-electron chi connectivity index (χ2n) is 5.29. The molecule has 20 heavy (non-hydrogen) atoms. The summed E-state index contributed by atoms with van der Waals surface area (Å²) in [4.78, 5) is 16.2. The number of amides is 1. The molecule has 0 radical (unpaired) electrons. The van der Waals surface area contributed by atoms with E-state index in [1.54, 1.807) is 13.8 Å². The predicted octanol–water partition coefficient (Wildman–Crippen LogP) is 1.85. The molecule has 0 aliphatic carbocycles. The fourth-order valence-electron chi connectivity index (χ4n) is 2.53. The molecule has 0 bridgehead atoms. The second-order valence-corrected chi connectivity index (χ2v) is 5.29. The van der Waals surface area contributed by atoms with Crippen LogP contribution >= 0.6 is 0 Å². The first-order chi connectivity index (χ1) is 9.33. The van der Waals surface area contributed by atoms with Crippen molar-refractivity contribution in [1.29, 1.82) is 0 Å². The highest BCUT2D eigenvalue weighted by atomic mass is 19.1.